The molecule has 0 aliphatic heterocycles. The van der Waals surface area contributed by atoms with E-state index in [1.165, 1.54) is 0 Å². The topological polar surface area (TPSA) is 72.8 Å². The number of methoxy groups -OCH3 is 1. The van der Waals surface area contributed by atoms with Gasteiger partial charge in [-0.15, -0.1) is 11.8 Å². The largest absolute Gasteiger partial charge is 0.496 e. The fourth-order valence-corrected chi connectivity index (χ4v) is 4.45. The fourth-order valence-electron chi connectivity index (χ4n) is 3.24. The van der Waals surface area contributed by atoms with Crippen molar-refractivity contribution in [3.05, 3.63) is 52.0 Å². The lowest BCUT2D eigenvalue weighted by Crippen LogP contribution is -2.07. The zero-order chi connectivity index (χ0) is 22.8. The van der Waals surface area contributed by atoms with Crippen LogP contribution < -0.4 is 9.47 Å². The maximum atomic E-state index is 12.2. The van der Waals surface area contributed by atoms with Crippen LogP contribution in [0, 0.1) is 0 Å². The van der Waals surface area contributed by atoms with Gasteiger partial charge < -0.3 is 14.6 Å². The zero-order valence-corrected chi connectivity index (χ0v) is 19.8. The number of ketones is 1. The summed E-state index contributed by atoms with van der Waals surface area (Å²) in [5.41, 5.74) is 2.24. The van der Waals surface area contributed by atoms with Crippen molar-refractivity contribution in [3.63, 3.8) is 0 Å². The molecule has 0 saturated carbocycles. The molecule has 0 bridgehead atoms. The van der Waals surface area contributed by atoms with Gasteiger partial charge in [-0.05, 0) is 42.7 Å². The van der Waals surface area contributed by atoms with Gasteiger partial charge in [0.05, 0.1) is 30.7 Å². The Morgan fingerprint density at radius 1 is 1.16 bits per heavy atom. The number of carboxylic acid groups (broad SMARTS) is 1. The van der Waals surface area contributed by atoms with Crippen LogP contribution in [0.4, 0.5) is 0 Å². The van der Waals surface area contributed by atoms with Crippen molar-refractivity contribution in [2.75, 3.05) is 19.5 Å². The average Bonchev–Trinajstić information content (AvgIpc) is 2.74. The van der Waals surface area contributed by atoms with Crippen molar-refractivity contribution in [1.29, 1.82) is 0 Å². The number of Topliss-reactive ketones (excluding diaryl/α,β-unsaturated/α-hetero) is 1. The van der Waals surface area contributed by atoms with Crippen molar-refractivity contribution in [3.8, 4) is 11.5 Å². The molecule has 0 aliphatic rings. The molecule has 1 N–H and O–H groups in total. The van der Waals surface area contributed by atoms with Crippen LogP contribution in [-0.4, -0.2) is 36.3 Å². The molecule has 168 valence electrons. The molecule has 0 aliphatic carbocycles. The Labute approximate surface area is 193 Å². The van der Waals surface area contributed by atoms with Gasteiger partial charge in [-0.2, -0.15) is 0 Å². The second-order valence-electron chi connectivity index (χ2n) is 7.04. The lowest BCUT2D eigenvalue weighted by Gasteiger charge is -2.17. The molecule has 0 amide bonds. The Morgan fingerprint density at radius 3 is 2.55 bits per heavy atom. The van der Waals surface area contributed by atoms with Crippen molar-refractivity contribution in [2.24, 2.45) is 0 Å². The molecule has 31 heavy (non-hydrogen) atoms. The number of carbonyl (C=O) groups is 2. The van der Waals surface area contributed by atoms with Gasteiger partial charge in [0.1, 0.15) is 11.5 Å². The first-order valence-corrected chi connectivity index (χ1v) is 11.8. The third-order valence-electron chi connectivity index (χ3n) is 4.70. The Kier molecular flexibility index (Phi) is 10.2. The number of benzene rings is 2. The molecule has 5 nitrogen and oxygen atoms in total. The van der Waals surface area contributed by atoms with E-state index in [-0.39, 0.29) is 12.2 Å². The number of hydrogen-bond acceptors (Lipinski definition) is 5. The highest BCUT2D eigenvalue weighted by Gasteiger charge is 2.18. The minimum Gasteiger partial charge on any atom is -0.496 e. The number of thioether (sulfide) groups is 1. The monoisotopic (exact) mass is 464 g/mol. The van der Waals surface area contributed by atoms with Crippen LogP contribution in [0.15, 0.2) is 35.2 Å². The van der Waals surface area contributed by atoms with E-state index in [1.807, 2.05) is 19.1 Å². The second kappa shape index (κ2) is 12.6. The summed E-state index contributed by atoms with van der Waals surface area (Å²) in [5, 5.41) is 9.44. The minimum absolute atomic E-state index is 0.0370. The predicted octanol–water partition coefficient (Wildman–Crippen LogP) is 6.08. The van der Waals surface area contributed by atoms with Crippen LogP contribution in [0.3, 0.4) is 0 Å². The van der Waals surface area contributed by atoms with Gasteiger partial charge in [-0.3, -0.25) is 9.59 Å². The van der Waals surface area contributed by atoms with Crippen LogP contribution in [0.25, 0.3) is 0 Å². The van der Waals surface area contributed by atoms with Crippen LogP contribution in [0.5, 0.6) is 11.5 Å². The summed E-state index contributed by atoms with van der Waals surface area (Å²) >= 11 is 7.89. The third kappa shape index (κ3) is 7.18. The van der Waals surface area contributed by atoms with E-state index in [1.54, 1.807) is 37.1 Å². The molecule has 0 aromatic heterocycles. The summed E-state index contributed by atoms with van der Waals surface area (Å²) in [6, 6.07) is 9.01. The molecule has 0 atom stereocenters. The van der Waals surface area contributed by atoms with Crippen molar-refractivity contribution < 1.29 is 24.2 Å². The van der Waals surface area contributed by atoms with Crippen molar-refractivity contribution in [2.45, 2.75) is 50.8 Å². The first-order valence-electron chi connectivity index (χ1n) is 10.4. The number of rotatable bonds is 13. The highest BCUT2D eigenvalue weighted by atomic mass is 35.5. The Balaban J connectivity index is 1.96. The molecule has 2 aromatic rings. The highest BCUT2D eigenvalue weighted by Crippen LogP contribution is 2.34. The van der Waals surface area contributed by atoms with Crippen LogP contribution in [0.1, 0.15) is 54.6 Å². The van der Waals surface area contributed by atoms with Gasteiger partial charge in [0.2, 0.25) is 0 Å². The Hall–Kier alpha value is -2.18. The summed E-state index contributed by atoms with van der Waals surface area (Å²) in [5.74, 6) is 1.37. The number of halogens is 1. The summed E-state index contributed by atoms with van der Waals surface area (Å²) in [7, 11) is 1.59. The SMILES string of the molecule is CCCc1c(OCCCSc2ccc(CC(=O)O)cc2Cl)ccc(C(=O)CC)c1OC. The lowest BCUT2D eigenvalue weighted by molar-refractivity contribution is -0.136. The van der Waals surface area contributed by atoms with Gasteiger partial charge in [0, 0.05) is 22.6 Å². The molecular formula is C24H29ClO5S. The standard InChI is InChI=1S/C24H29ClO5S/c1-4-7-18-21(10-9-17(20(26)5-2)24(18)29-3)30-12-6-13-31-22-11-8-16(14-19(22)25)15-23(27)28/h8-11,14H,4-7,12-13,15H2,1-3H3,(H,27,28). The smallest absolute Gasteiger partial charge is 0.307 e. The van der Waals surface area contributed by atoms with E-state index in [9.17, 15) is 9.59 Å². The van der Waals surface area contributed by atoms with Gasteiger partial charge >= 0.3 is 5.97 Å². The fraction of sp³-hybridized carbons (Fsp3) is 0.417. The average molecular weight is 465 g/mol. The van der Waals surface area contributed by atoms with Gasteiger partial charge in [0.15, 0.2) is 5.78 Å². The van der Waals surface area contributed by atoms with Crippen LogP contribution >= 0.6 is 23.4 Å². The lowest BCUT2D eigenvalue weighted by atomic mass is 10.00. The van der Waals surface area contributed by atoms with E-state index in [4.69, 9.17) is 26.2 Å². The third-order valence-corrected chi connectivity index (χ3v) is 6.28. The summed E-state index contributed by atoms with van der Waals surface area (Å²) in [4.78, 5) is 24.0. The maximum Gasteiger partial charge on any atom is 0.307 e. The molecule has 0 unspecified atom stereocenters. The summed E-state index contributed by atoms with van der Waals surface area (Å²) < 4.78 is 11.6. The number of carboxylic acids is 1. The van der Waals surface area contributed by atoms with E-state index in [2.05, 4.69) is 6.92 Å². The minimum atomic E-state index is -0.875. The van der Waals surface area contributed by atoms with E-state index < -0.39 is 5.97 Å². The van der Waals surface area contributed by atoms with Crippen LogP contribution in [0.2, 0.25) is 5.02 Å². The van der Waals surface area contributed by atoms with Gasteiger partial charge in [-0.25, -0.2) is 0 Å². The maximum absolute atomic E-state index is 12.2. The number of aliphatic carboxylic acids is 1. The van der Waals surface area contributed by atoms with Crippen molar-refractivity contribution >= 4 is 35.1 Å². The molecule has 2 rings (SSSR count). The van der Waals surface area contributed by atoms with E-state index >= 15 is 0 Å². The zero-order valence-electron chi connectivity index (χ0n) is 18.2. The highest BCUT2D eigenvalue weighted by molar-refractivity contribution is 7.99. The molecule has 0 spiro atoms. The number of ether oxygens (including phenoxy) is 2. The van der Waals surface area contributed by atoms with E-state index in [0.717, 1.165) is 41.2 Å². The second-order valence-corrected chi connectivity index (χ2v) is 8.58. The van der Waals surface area contributed by atoms with Gasteiger partial charge in [0.25, 0.3) is 0 Å². The Morgan fingerprint density at radius 2 is 1.94 bits per heavy atom. The molecule has 2 aromatic carbocycles. The Bertz CT molecular complexity index is 913. The molecule has 0 heterocycles. The van der Waals surface area contributed by atoms with Crippen LogP contribution in [-0.2, 0) is 17.6 Å². The molecule has 0 radical (unpaired) electrons. The summed E-state index contributed by atoms with van der Waals surface area (Å²) in [6.45, 7) is 4.46. The normalized spacial score (nSPS) is 10.7. The predicted molar refractivity (Wildman–Crippen MR) is 125 cm³/mol. The quantitative estimate of drug-likeness (QED) is 0.220. The number of carbonyl (C=O) groups excluding carboxylic acids is 1. The molecular weight excluding hydrogens is 436 g/mol. The van der Waals surface area contributed by atoms with E-state index in [0.29, 0.717) is 34.9 Å². The first kappa shape index (κ1) is 25.1. The molecule has 7 heteroatoms. The van der Waals surface area contributed by atoms with Crippen molar-refractivity contribution in [1.82, 2.24) is 0 Å². The van der Waals surface area contributed by atoms with Gasteiger partial charge in [-0.1, -0.05) is 37.9 Å². The molecule has 0 saturated heterocycles. The first-order chi connectivity index (χ1) is 14.9. The number of hydrogen-bond donors (Lipinski definition) is 1. The molecule has 0 fully saturated rings. The summed E-state index contributed by atoms with van der Waals surface area (Å²) in [6.07, 6.45) is 2.89.